The zero-order chi connectivity index (χ0) is 12.2. The summed E-state index contributed by atoms with van der Waals surface area (Å²) in [5.41, 5.74) is -0.247. The van der Waals surface area contributed by atoms with Gasteiger partial charge in [-0.2, -0.15) is 0 Å². The van der Waals surface area contributed by atoms with E-state index in [-0.39, 0.29) is 29.7 Å². The highest BCUT2D eigenvalue weighted by Gasteiger charge is 2.28. The van der Waals surface area contributed by atoms with Gasteiger partial charge < -0.3 is 10.4 Å². The molecule has 0 heterocycles. The van der Waals surface area contributed by atoms with Gasteiger partial charge in [-0.1, -0.05) is 34.6 Å². The van der Waals surface area contributed by atoms with Crippen LogP contribution in [-0.4, -0.2) is 23.0 Å². The Hall–Kier alpha value is -1.06. The molecule has 1 amide bonds. The first-order valence-corrected chi connectivity index (χ1v) is 5.16. The fourth-order valence-corrected chi connectivity index (χ4v) is 1.09. The van der Waals surface area contributed by atoms with Gasteiger partial charge in [0, 0.05) is 12.0 Å². The molecule has 0 aliphatic carbocycles. The Balaban J connectivity index is 4.52. The van der Waals surface area contributed by atoms with Gasteiger partial charge in [0.15, 0.2) is 0 Å². The van der Waals surface area contributed by atoms with Crippen molar-refractivity contribution in [3.05, 3.63) is 0 Å². The molecule has 0 saturated carbocycles. The molecule has 0 spiro atoms. The summed E-state index contributed by atoms with van der Waals surface area (Å²) in [7, 11) is 0. The molecule has 88 valence electrons. The van der Waals surface area contributed by atoms with Crippen molar-refractivity contribution in [1.82, 2.24) is 5.32 Å². The molecular weight excluding hydrogens is 194 g/mol. The third-order valence-electron chi connectivity index (χ3n) is 2.26. The minimum absolute atomic E-state index is 0.0397. The molecule has 0 bridgehead atoms. The maximum absolute atomic E-state index is 11.5. The number of carbonyl (C=O) groups excluding carboxylic acids is 1. The molecule has 0 aromatic rings. The summed E-state index contributed by atoms with van der Waals surface area (Å²) >= 11 is 0. The van der Waals surface area contributed by atoms with Crippen LogP contribution in [0.25, 0.3) is 0 Å². The predicted molar refractivity (Wildman–Crippen MR) is 58.5 cm³/mol. The van der Waals surface area contributed by atoms with Crippen molar-refractivity contribution < 1.29 is 14.7 Å². The van der Waals surface area contributed by atoms with Crippen LogP contribution in [0.2, 0.25) is 0 Å². The highest BCUT2D eigenvalue weighted by Crippen LogP contribution is 2.22. The Morgan fingerprint density at radius 1 is 1.27 bits per heavy atom. The second kappa shape index (κ2) is 5.14. The molecule has 2 N–H and O–H groups in total. The monoisotopic (exact) mass is 215 g/mol. The van der Waals surface area contributed by atoms with E-state index in [2.05, 4.69) is 5.32 Å². The van der Waals surface area contributed by atoms with Crippen LogP contribution in [0.1, 0.15) is 41.0 Å². The Labute approximate surface area is 91.1 Å². The first-order valence-electron chi connectivity index (χ1n) is 5.16. The molecule has 4 heteroatoms. The summed E-state index contributed by atoms with van der Waals surface area (Å²) in [5, 5.41) is 11.5. The van der Waals surface area contributed by atoms with Gasteiger partial charge in [-0.25, -0.2) is 0 Å². The molecule has 0 rings (SSSR count). The summed E-state index contributed by atoms with van der Waals surface area (Å²) < 4.78 is 0. The lowest BCUT2D eigenvalue weighted by atomic mass is 9.84. The summed E-state index contributed by atoms with van der Waals surface area (Å²) in [6.45, 7) is 9.33. The van der Waals surface area contributed by atoms with Crippen molar-refractivity contribution in [2.45, 2.75) is 47.1 Å². The van der Waals surface area contributed by atoms with E-state index in [0.717, 1.165) is 0 Å². The van der Waals surface area contributed by atoms with E-state index in [0.29, 0.717) is 0 Å². The van der Waals surface area contributed by atoms with E-state index in [9.17, 15) is 9.59 Å². The molecule has 0 radical (unpaired) electrons. The Morgan fingerprint density at radius 3 is 2.00 bits per heavy atom. The minimum atomic E-state index is -0.890. The number of amides is 1. The van der Waals surface area contributed by atoms with Crippen molar-refractivity contribution in [3.8, 4) is 0 Å². The topological polar surface area (TPSA) is 66.4 Å². The largest absolute Gasteiger partial charge is 0.481 e. The van der Waals surface area contributed by atoms with Crippen LogP contribution in [0.4, 0.5) is 0 Å². The number of nitrogens with one attached hydrogen (secondary N) is 1. The quantitative estimate of drug-likeness (QED) is 0.749. The van der Waals surface area contributed by atoms with Crippen molar-refractivity contribution in [1.29, 1.82) is 0 Å². The van der Waals surface area contributed by atoms with E-state index >= 15 is 0 Å². The number of hydrogen-bond donors (Lipinski definition) is 2. The maximum Gasteiger partial charge on any atom is 0.305 e. The number of aliphatic carboxylic acids is 1. The van der Waals surface area contributed by atoms with E-state index in [1.165, 1.54) is 0 Å². The van der Waals surface area contributed by atoms with Gasteiger partial charge in [0.25, 0.3) is 0 Å². The van der Waals surface area contributed by atoms with Gasteiger partial charge in [-0.05, 0) is 5.41 Å². The van der Waals surface area contributed by atoms with Gasteiger partial charge in [-0.3, -0.25) is 9.59 Å². The zero-order valence-electron chi connectivity index (χ0n) is 10.1. The van der Waals surface area contributed by atoms with Gasteiger partial charge >= 0.3 is 5.97 Å². The summed E-state index contributed by atoms with van der Waals surface area (Å²) in [4.78, 5) is 22.1. The van der Waals surface area contributed by atoms with E-state index in [1.54, 1.807) is 13.8 Å². The van der Waals surface area contributed by atoms with Gasteiger partial charge in [-0.15, -0.1) is 0 Å². The second-order valence-electron chi connectivity index (χ2n) is 5.18. The van der Waals surface area contributed by atoms with Crippen LogP contribution in [0, 0.1) is 11.3 Å². The lowest BCUT2D eigenvalue weighted by Crippen LogP contribution is -2.46. The predicted octanol–water partition coefficient (Wildman–Crippen LogP) is 1.65. The lowest BCUT2D eigenvalue weighted by molar-refractivity contribution is -0.138. The summed E-state index contributed by atoms with van der Waals surface area (Å²) in [6.07, 6.45) is -0.0397. The zero-order valence-corrected chi connectivity index (χ0v) is 10.1. The highest BCUT2D eigenvalue weighted by atomic mass is 16.4. The van der Waals surface area contributed by atoms with Crippen molar-refractivity contribution in [2.24, 2.45) is 11.3 Å². The molecule has 0 aromatic carbocycles. The SMILES string of the molecule is CC(C)C(=O)NC(CC(=O)O)C(C)(C)C. The summed E-state index contributed by atoms with van der Waals surface area (Å²) in [5.74, 6) is -1.11. The minimum Gasteiger partial charge on any atom is -0.481 e. The molecule has 0 fully saturated rings. The normalized spacial score (nSPS) is 13.7. The van der Waals surface area contributed by atoms with Crippen LogP contribution < -0.4 is 5.32 Å². The Morgan fingerprint density at radius 2 is 1.73 bits per heavy atom. The highest BCUT2D eigenvalue weighted by molar-refractivity contribution is 5.79. The Bertz CT molecular complexity index is 241. The van der Waals surface area contributed by atoms with Crippen LogP contribution in [0.5, 0.6) is 0 Å². The second-order valence-corrected chi connectivity index (χ2v) is 5.18. The number of carbonyl (C=O) groups is 2. The molecule has 0 saturated heterocycles. The van der Waals surface area contributed by atoms with E-state index in [4.69, 9.17) is 5.11 Å². The average Bonchev–Trinajstić information content (AvgIpc) is 2.00. The van der Waals surface area contributed by atoms with Crippen molar-refractivity contribution in [2.75, 3.05) is 0 Å². The third-order valence-corrected chi connectivity index (χ3v) is 2.26. The molecular formula is C11H21NO3. The molecule has 4 nitrogen and oxygen atoms in total. The molecule has 0 aromatic heterocycles. The van der Waals surface area contributed by atoms with Crippen molar-refractivity contribution >= 4 is 11.9 Å². The number of rotatable bonds is 4. The first-order chi connectivity index (χ1) is 6.64. The fraction of sp³-hybridized carbons (Fsp3) is 0.818. The van der Waals surface area contributed by atoms with Gasteiger partial charge in [0.2, 0.25) is 5.91 Å². The van der Waals surface area contributed by atoms with Crippen LogP contribution in [0.3, 0.4) is 0 Å². The number of carboxylic acid groups (broad SMARTS) is 1. The fourth-order valence-electron chi connectivity index (χ4n) is 1.09. The lowest BCUT2D eigenvalue weighted by Gasteiger charge is -2.30. The average molecular weight is 215 g/mol. The third kappa shape index (κ3) is 5.40. The molecule has 0 aliphatic rings. The van der Waals surface area contributed by atoms with E-state index in [1.807, 2.05) is 20.8 Å². The number of hydrogen-bond acceptors (Lipinski definition) is 2. The van der Waals surface area contributed by atoms with Crippen LogP contribution >= 0.6 is 0 Å². The standard InChI is InChI=1S/C11H21NO3/c1-7(2)10(15)12-8(6-9(13)14)11(3,4)5/h7-8H,6H2,1-5H3,(H,12,15)(H,13,14). The smallest absolute Gasteiger partial charge is 0.305 e. The van der Waals surface area contributed by atoms with Gasteiger partial charge in [0.05, 0.1) is 6.42 Å². The van der Waals surface area contributed by atoms with Crippen LogP contribution in [-0.2, 0) is 9.59 Å². The van der Waals surface area contributed by atoms with E-state index < -0.39 is 5.97 Å². The first kappa shape index (κ1) is 13.9. The number of carboxylic acids is 1. The van der Waals surface area contributed by atoms with Crippen molar-refractivity contribution in [3.63, 3.8) is 0 Å². The molecule has 0 aliphatic heterocycles. The molecule has 1 atom stereocenters. The summed E-state index contributed by atoms with van der Waals surface area (Å²) in [6, 6.07) is -0.329. The molecule has 1 unspecified atom stereocenters. The van der Waals surface area contributed by atoms with Gasteiger partial charge in [0.1, 0.15) is 0 Å². The van der Waals surface area contributed by atoms with Crippen LogP contribution in [0.15, 0.2) is 0 Å². The maximum atomic E-state index is 11.5. The Kier molecular flexibility index (Phi) is 4.78. The molecule has 15 heavy (non-hydrogen) atoms.